The zero-order chi connectivity index (χ0) is 11.1. The summed E-state index contributed by atoms with van der Waals surface area (Å²) in [7, 11) is 0. The standard InChI is InChI=1S/C7H6N4O.CHNO/c12-5(6-8-1-2-9-6)7-10-3-4-11-7;2-1-3/h1-4H,(H,8,9)(H,10,11);2H. The normalized spacial score (nSPS) is 8.53. The average Bonchev–Trinajstić information content (AvgIpc) is 2.92. The molecule has 0 saturated heterocycles. The van der Waals surface area contributed by atoms with Gasteiger partial charge in [-0.1, -0.05) is 0 Å². The molecular formula is C8H7N5O2. The molecule has 2 aromatic heterocycles. The van der Waals surface area contributed by atoms with Gasteiger partial charge in [0.15, 0.2) is 11.6 Å². The Balaban J connectivity index is 0.000000337. The second kappa shape index (κ2) is 5.25. The molecule has 0 saturated carbocycles. The first-order chi connectivity index (χ1) is 7.29. The molecule has 0 fully saturated rings. The highest BCUT2D eigenvalue weighted by molar-refractivity contribution is 6.03. The van der Waals surface area contributed by atoms with Crippen molar-refractivity contribution in [1.29, 1.82) is 5.41 Å². The van der Waals surface area contributed by atoms with Gasteiger partial charge >= 0.3 is 0 Å². The lowest BCUT2D eigenvalue weighted by molar-refractivity contribution is 0.102. The highest BCUT2D eigenvalue weighted by Gasteiger charge is 2.12. The van der Waals surface area contributed by atoms with Crippen molar-refractivity contribution in [3.8, 4) is 0 Å². The van der Waals surface area contributed by atoms with E-state index in [4.69, 9.17) is 10.2 Å². The Hall–Kier alpha value is -2.53. The van der Waals surface area contributed by atoms with Gasteiger partial charge < -0.3 is 9.97 Å². The van der Waals surface area contributed by atoms with E-state index < -0.39 is 0 Å². The number of carbonyl (C=O) groups excluding carboxylic acids is 2. The predicted molar refractivity (Wildman–Crippen MR) is 49.0 cm³/mol. The maximum absolute atomic E-state index is 11.4. The summed E-state index contributed by atoms with van der Waals surface area (Å²) in [6.07, 6.45) is 6.98. The van der Waals surface area contributed by atoms with E-state index in [-0.39, 0.29) is 5.78 Å². The molecule has 0 spiro atoms. The summed E-state index contributed by atoms with van der Waals surface area (Å²) in [5, 5.41) is 5.40. The van der Waals surface area contributed by atoms with E-state index in [1.165, 1.54) is 12.4 Å². The lowest BCUT2D eigenvalue weighted by Crippen LogP contribution is -2.05. The number of nitrogens with one attached hydrogen (secondary N) is 3. The number of imidazole rings is 2. The maximum Gasteiger partial charge on any atom is 0.263 e. The summed E-state index contributed by atoms with van der Waals surface area (Å²) < 4.78 is 0. The highest BCUT2D eigenvalue weighted by atomic mass is 16.1. The second-order valence-corrected chi connectivity index (χ2v) is 2.31. The van der Waals surface area contributed by atoms with Crippen LogP contribution < -0.4 is 0 Å². The van der Waals surface area contributed by atoms with Crippen LogP contribution in [0, 0.1) is 5.41 Å². The molecule has 7 nitrogen and oxygen atoms in total. The third-order valence-corrected chi connectivity index (χ3v) is 1.43. The molecule has 0 aromatic carbocycles. The van der Waals surface area contributed by atoms with Crippen molar-refractivity contribution >= 4 is 11.9 Å². The van der Waals surface area contributed by atoms with E-state index in [1.807, 2.05) is 0 Å². The van der Waals surface area contributed by atoms with Gasteiger partial charge in [-0.15, -0.1) is 0 Å². The van der Waals surface area contributed by atoms with E-state index in [9.17, 15) is 4.79 Å². The van der Waals surface area contributed by atoms with E-state index in [0.717, 1.165) is 6.08 Å². The molecule has 0 unspecified atom stereocenters. The van der Waals surface area contributed by atoms with E-state index in [2.05, 4.69) is 19.9 Å². The summed E-state index contributed by atoms with van der Waals surface area (Å²) >= 11 is 0. The van der Waals surface area contributed by atoms with Crippen LogP contribution in [-0.4, -0.2) is 31.8 Å². The van der Waals surface area contributed by atoms with Crippen LogP contribution in [0.3, 0.4) is 0 Å². The Morgan fingerprint density at radius 3 is 1.87 bits per heavy atom. The molecular weight excluding hydrogens is 198 g/mol. The van der Waals surface area contributed by atoms with Crippen LogP contribution in [0.5, 0.6) is 0 Å². The molecule has 0 radical (unpaired) electrons. The summed E-state index contributed by atoms with van der Waals surface area (Å²) in [5.41, 5.74) is 0. The summed E-state index contributed by atoms with van der Waals surface area (Å²) in [6.45, 7) is 0. The predicted octanol–water partition coefficient (Wildman–Crippen LogP) is 0.265. The molecule has 3 N–H and O–H groups in total. The van der Waals surface area contributed by atoms with Crippen molar-refractivity contribution in [3.05, 3.63) is 36.4 Å². The number of nitrogens with zero attached hydrogens (tertiary/aromatic N) is 2. The second-order valence-electron chi connectivity index (χ2n) is 2.31. The molecule has 15 heavy (non-hydrogen) atoms. The van der Waals surface area contributed by atoms with Crippen LogP contribution in [0.1, 0.15) is 16.4 Å². The van der Waals surface area contributed by atoms with Crippen LogP contribution in [0.15, 0.2) is 24.8 Å². The van der Waals surface area contributed by atoms with Gasteiger partial charge in [0.1, 0.15) is 0 Å². The topological polar surface area (TPSA) is 115 Å². The van der Waals surface area contributed by atoms with Crippen LogP contribution in [0.4, 0.5) is 0 Å². The molecule has 2 aromatic rings. The number of carbonyl (C=O) groups is 1. The van der Waals surface area contributed by atoms with Crippen molar-refractivity contribution in [2.45, 2.75) is 0 Å². The molecule has 0 amide bonds. The molecule has 0 aliphatic heterocycles. The largest absolute Gasteiger partial charge is 0.342 e. The van der Waals surface area contributed by atoms with Crippen LogP contribution in [-0.2, 0) is 4.79 Å². The fraction of sp³-hybridized carbons (Fsp3) is 0. The minimum atomic E-state index is -0.231. The van der Waals surface area contributed by atoms with Crippen molar-refractivity contribution in [2.75, 3.05) is 0 Å². The van der Waals surface area contributed by atoms with Gasteiger partial charge in [-0.25, -0.2) is 20.2 Å². The number of ketones is 1. The van der Waals surface area contributed by atoms with Gasteiger partial charge in [-0.05, 0) is 0 Å². The smallest absolute Gasteiger partial charge is 0.263 e. The third-order valence-electron chi connectivity index (χ3n) is 1.43. The van der Waals surface area contributed by atoms with Crippen LogP contribution >= 0.6 is 0 Å². The minimum absolute atomic E-state index is 0.231. The Morgan fingerprint density at radius 2 is 1.60 bits per heavy atom. The van der Waals surface area contributed by atoms with Crippen molar-refractivity contribution in [2.24, 2.45) is 0 Å². The molecule has 0 atom stereocenters. The van der Waals surface area contributed by atoms with E-state index in [0.29, 0.717) is 11.6 Å². The zero-order valence-electron chi connectivity index (χ0n) is 7.52. The lowest BCUT2D eigenvalue weighted by atomic mass is 10.3. The number of aromatic amines is 2. The highest BCUT2D eigenvalue weighted by Crippen LogP contribution is 1.98. The van der Waals surface area contributed by atoms with Gasteiger partial charge in [0.05, 0.1) is 0 Å². The third kappa shape index (κ3) is 2.71. The average molecular weight is 205 g/mol. The summed E-state index contributed by atoms with van der Waals surface area (Å²) in [6, 6.07) is 0. The summed E-state index contributed by atoms with van der Waals surface area (Å²) in [5.74, 6) is 0.361. The molecule has 0 aliphatic carbocycles. The number of aromatic nitrogens is 4. The SMILES string of the molecule is N=C=O.O=C(c1ncc[nH]1)c1ncc[nH]1. The first-order valence-electron chi connectivity index (χ1n) is 3.87. The molecule has 0 aliphatic rings. The van der Waals surface area contributed by atoms with Crippen molar-refractivity contribution in [1.82, 2.24) is 19.9 Å². The van der Waals surface area contributed by atoms with Gasteiger partial charge in [-0.3, -0.25) is 4.79 Å². The molecule has 76 valence electrons. The molecule has 0 bridgehead atoms. The van der Waals surface area contributed by atoms with E-state index in [1.54, 1.807) is 12.4 Å². The van der Waals surface area contributed by atoms with Crippen molar-refractivity contribution < 1.29 is 9.59 Å². The number of hydrogen-bond acceptors (Lipinski definition) is 5. The molecule has 2 heterocycles. The first-order valence-corrected chi connectivity index (χ1v) is 3.87. The van der Waals surface area contributed by atoms with Gasteiger partial charge in [0, 0.05) is 24.8 Å². The number of hydrogen-bond donors (Lipinski definition) is 3. The Kier molecular flexibility index (Phi) is 3.70. The van der Waals surface area contributed by atoms with E-state index >= 15 is 0 Å². The van der Waals surface area contributed by atoms with Gasteiger partial charge in [0.25, 0.3) is 5.78 Å². The summed E-state index contributed by atoms with van der Waals surface area (Å²) in [4.78, 5) is 32.8. The molecule has 7 heteroatoms. The van der Waals surface area contributed by atoms with Crippen LogP contribution in [0.2, 0.25) is 0 Å². The minimum Gasteiger partial charge on any atom is -0.342 e. The Bertz CT molecular complexity index is 403. The number of H-pyrrole nitrogens is 2. The van der Waals surface area contributed by atoms with Crippen LogP contribution in [0.25, 0.3) is 0 Å². The first kappa shape index (κ1) is 10.6. The molecule has 2 rings (SSSR count). The number of isocyanates is 1. The zero-order valence-corrected chi connectivity index (χ0v) is 7.52. The monoisotopic (exact) mass is 205 g/mol. The van der Waals surface area contributed by atoms with Gasteiger partial charge in [0.2, 0.25) is 6.08 Å². The Morgan fingerprint density at radius 1 is 1.20 bits per heavy atom. The lowest BCUT2D eigenvalue weighted by Gasteiger charge is -1.89. The van der Waals surface area contributed by atoms with Gasteiger partial charge in [-0.2, -0.15) is 0 Å². The Labute approximate surface area is 84.1 Å². The number of rotatable bonds is 2. The quantitative estimate of drug-likeness (QED) is 0.370. The maximum atomic E-state index is 11.4. The van der Waals surface area contributed by atoms with Crippen molar-refractivity contribution in [3.63, 3.8) is 0 Å². The fourth-order valence-electron chi connectivity index (χ4n) is 0.891. The fourth-order valence-corrected chi connectivity index (χ4v) is 0.891.